The van der Waals surface area contributed by atoms with Crippen molar-refractivity contribution in [1.29, 1.82) is 0 Å². The Balaban J connectivity index is 1.35. The Bertz CT molecular complexity index is 878. The molecular weight excluding hydrogens is 474 g/mol. The van der Waals surface area contributed by atoms with Gasteiger partial charge in [-0.1, -0.05) is 20.8 Å². The van der Waals surface area contributed by atoms with Crippen molar-refractivity contribution in [3.05, 3.63) is 0 Å². The van der Waals surface area contributed by atoms with Gasteiger partial charge in [-0.25, -0.2) is 4.79 Å². The fourth-order valence-corrected chi connectivity index (χ4v) is 9.36. The van der Waals surface area contributed by atoms with Crippen LogP contribution >= 0.6 is 0 Å². The summed E-state index contributed by atoms with van der Waals surface area (Å²) in [5.74, 6) is -0.0966. The Labute approximate surface area is 220 Å². The molecule has 4 aliphatic rings. The van der Waals surface area contributed by atoms with E-state index in [9.17, 15) is 24.6 Å². The van der Waals surface area contributed by atoms with Gasteiger partial charge in [0.25, 0.3) is 0 Å². The smallest absolute Gasteiger partial charge is 0.330 e. The monoisotopic (exact) mass is 521 g/mol. The summed E-state index contributed by atoms with van der Waals surface area (Å²) in [6.07, 6.45) is 7.90. The summed E-state index contributed by atoms with van der Waals surface area (Å²) in [4.78, 5) is 35.0. The van der Waals surface area contributed by atoms with Crippen LogP contribution in [0.25, 0.3) is 0 Å². The lowest BCUT2D eigenvalue weighted by molar-refractivity contribution is -0.174. The molecule has 5 N–H and O–H groups in total. The van der Waals surface area contributed by atoms with Crippen molar-refractivity contribution in [3.63, 3.8) is 0 Å². The molecule has 1 unspecified atom stereocenters. The quantitative estimate of drug-likeness (QED) is 0.279. The molecule has 37 heavy (non-hydrogen) atoms. The van der Waals surface area contributed by atoms with E-state index in [0.29, 0.717) is 36.0 Å². The Morgan fingerprint density at radius 3 is 2.32 bits per heavy atom. The number of aliphatic hydroxyl groups excluding tert-OH is 2. The third-order valence-corrected chi connectivity index (χ3v) is 11.4. The first-order valence-corrected chi connectivity index (χ1v) is 14.4. The second kappa shape index (κ2) is 10.9. The van der Waals surface area contributed by atoms with Crippen molar-refractivity contribution in [1.82, 2.24) is 0 Å². The zero-order chi connectivity index (χ0) is 27.1. The van der Waals surface area contributed by atoms with E-state index < -0.39 is 23.9 Å². The van der Waals surface area contributed by atoms with E-state index in [1.54, 1.807) is 0 Å². The van der Waals surface area contributed by atoms with Crippen molar-refractivity contribution in [2.45, 2.75) is 116 Å². The maximum Gasteiger partial charge on any atom is 0.330 e. The molecule has 0 saturated heterocycles. The molecule has 8 heteroatoms. The van der Waals surface area contributed by atoms with Gasteiger partial charge in [0.15, 0.2) is 0 Å². The maximum absolute atomic E-state index is 12.3. The summed E-state index contributed by atoms with van der Waals surface area (Å²) < 4.78 is 4.90. The van der Waals surface area contributed by atoms with Crippen molar-refractivity contribution >= 4 is 17.9 Å². The van der Waals surface area contributed by atoms with Crippen LogP contribution in [0.5, 0.6) is 0 Å². The first-order valence-electron chi connectivity index (χ1n) is 14.4. The van der Waals surface area contributed by atoms with Crippen LogP contribution in [0.3, 0.4) is 0 Å². The normalized spacial score (nSPS) is 42.6. The van der Waals surface area contributed by atoms with Crippen LogP contribution in [0.2, 0.25) is 0 Å². The lowest BCUT2D eigenvalue weighted by atomic mass is 9.43. The van der Waals surface area contributed by atoms with Crippen molar-refractivity contribution < 1.29 is 34.4 Å². The van der Waals surface area contributed by atoms with Gasteiger partial charge >= 0.3 is 17.9 Å². The number of hydrogen-bond acceptors (Lipinski definition) is 7. The molecule has 11 atom stereocenters. The molecule has 210 valence electrons. The number of carbonyl (C=O) groups is 3. The Morgan fingerprint density at radius 1 is 0.946 bits per heavy atom. The number of carboxylic acids is 1. The van der Waals surface area contributed by atoms with Crippen molar-refractivity contribution in [2.24, 2.45) is 52.1 Å². The molecule has 0 aromatic rings. The first-order chi connectivity index (χ1) is 17.4. The number of ether oxygens (including phenoxy) is 1. The van der Waals surface area contributed by atoms with Crippen molar-refractivity contribution in [2.75, 3.05) is 0 Å². The summed E-state index contributed by atoms with van der Waals surface area (Å²) in [5.41, 5.74) is 5.99. The number of carboxylic acid groups (broad SMARTS) is 1. The molecule has 0 radical (unpaired) electrons. The molecule has 4 aliphatic carbocycles. The summed E-state index contributed by atoms with van der Waals surface area (Å²) in [6, 6.07) is -1.11. The highest BCUT2D eigenvalue weighted by molar-refractivity contribution is 5.88. The molecule has 0 aromatic heterocycles. The van der Waals surface area contributed by atoms with Crippen molar-refractivity contribution in [3.8, 4) is 0 Å². The van der Waals surface area contributed by atoms with Gasteiger partial charge in [-0.05, 0) is 111 Å². The van der Waals surface area contributed by atoms with Crippen LogP contribution in [-0.2, 0) is 19.1 Å². The van der Waals surface area contributed by atoms with Gasteiger partial charge < -0.3 is 25.8 Å². The van der Waals surface area contributed by atoms with E-state index in [2.05, 4.69) is 20.8 Å². The molecular formula is C29H47NO7. The van der Waals surface area contributed by atoms with Gasteiger partial charge in [0.05, 0.1) is 12.2 Å². The fraction of sp³-hybridized carbons (Fsp3) is 0.897. The summed E-state index contributed by atoms with van der Waals surface area (Å²) in [7, 11) is 0. The molecule has 0 spiro atoms. The van der Waals surface area contributed by atoms with E-state index in [0.717, 1.165) is 51.4 Å². The number of esters is 2. The first kappa shape index (κ1) is 28.5. The fourth-order valence-electron chi connectivity index (χ4n) is 9.36. The number of carbonyl (C=O) groups excluding carboxylic acids is 2. The van der Waals surface area contributed by atoms with Crippen LogP contribution < -0.4 is 5.73 Å². The minimum atomic E-state index is -1.11. The zero-order valence-electron chi connectivity index (χ0n) is 22.7. The van der Waals surface area contributed by atoms with Gasteiger partial charge in [0.2, 0.25) is 0 Å². The number of fused-ring (bicyclic) bond motifs is 5. The molecule has 0 aromatic carbocycles. The molecule has 4 saturated carbocycles. The molecule has 0 aliphatic heterocycles. The molecule has 8 nitrogen and oxygen atoms in total. The minimum Gasteiger partial charge on any atom is -0.481 e. The number of rotatable bonds is 8. The molecule has 4 fully saturated rings. The van der Waals surface area contributed by atoms with Crippen LogP contribution in [0.1, 0.15) is 97.8 Å². The standard InChI is InChI=1S/C29H47NO7/c1-16(4-9-25(35)37-27(36)22(30)7-8-24(33)34)19-5-6-20-26-21(11-13-29(19,20)3)28(2)12-10-18(31)14-17(28)15-23(26)32/h16-23,26,31-32H,4-15,30H2,1-3H3,(H,33,34)/t16-,17?,18-,19-,20+,21+,22+,23-,26+,28+,29-/m1/s1. The molecule has 0 amide bonds. The predicted molar refractivity (Wildman–Crippen MR) is 137 cm³/mol. The largest absolute Gasteiger partial charge is 0.481 e. The third kappa shape index (κ3) is 5.48. The van der Waals surface area contributed by atoms with Crippen LogP contribution in [0, 0.1) is 46.3 Å². The minimum absolute atomic E-state index is 0.0615. The maximum atomic E-state index is 12.3. The lowest BCUT2D eigenvalue weighted by Crippen LogP contribution is -2.58. The van der Waals surface area contributed by atoms with Gasteiger partial charge in [-0.3, -0.25) is 9.59 Å². The van der Waals surface area contributed by atoms with Gasteiger partial charge in [-0.15, -0.1) is 0 Å². The molecule has 0 heterocycles. The highest BCUT2D eigenvalue weighted by Gasteiger charge is 2.62. The third-order valence-electron chi connectivity index (χ3n) is 11.4. The van der Waals surface area contributed by atoms with Crippen LogP contribution in [0.4, 0.5) is 0 Å². The number of hydrogen-bond donors (Lipinski definition) is 4. The SMILES string of the molecule is C[C@H](CCC(=O)OC(=O)[C@@H](N)CCC(=O)O)[C@H]1CC[C@H]2[C@@H]3[C@H](O)CC4C[C@H](O)CC[C@]4(C)[C@H]3CC[C@]12C. The van der Waals surface area contributed by atoms with E-state index in [4.69, 9.17) is 15.6 Å². The number of aliphatic carboxylic acids is 1. The highest BCUT2D eigenvalue weighted by atomic mass is 16.6. The summed E-state index contributed by atoms with van der Waals surface area (Å²) in [6.45, 7) is 7.01. The summed E-state index contributed by atoms with van der Waals surface area (Å²) in [5, 5.41) is 30.4. The van der Waals surface area contributed by atoms with Crippen LogP contribution in [0.15, 0.2) is 0 Å². The van der Waals surface area contributed by atoms with Gasteiger partial charge in [-0.2, -0.15) is 0 Å². The summed E-state index contributed by atoms with van der Waals surface area (Å²) >= 11 is 0. The van der Waals surface area contributed by atoms with E-state index in [1.165, 1.54) is 0 Å². The molecule has 4 rings (SSSR count). The average molecular weight is 522 g/mol. The van der Waals surface area contributed by atoms with Gasteiger partial charge in [0, 0.05) is 12.8 Å². The Kier molecular flexibility index (Phi) is 8.42. The van der Waals surface area contributed by atoms with E-state index in [-0.39, 0.29) is 48.2 Å². The Hall–Kier alpha value is -1.51. The second-order valence-corrected chi connectivity index (χ2v) is 13.3. The van der Waals surface area contributed by atoms with Crippen LogP contribution in [-0.4, -0.2) is 51.5 Å². The lowest BCUT2D eigenvalue weighted by Gasteiger charge is -2.62. The predicted octanol–water partition coefficient (Wildman–Crippen LogP) is 3.66. The molecule has 0 bridgehead atoms. The second-order valence-electron chi connectivity index (χ2n) is 13.3. The average Bonchev–Trinajstić information content (AvgIpc) is 3.19. The van der Waals surface area contributed by atoms with E-state index >= 15 is 0 Å². The topological polar surface area (TPSA) is 147 Å². The zero-order valence-corrected chi connectivity index (χ0v) is 22.7. The Morgan fingerprint density at radius 2 is 1.62 bits per heavy atom. The number of aliphatic hydroxyl groups is 2. The van der Waals surface area contributed by atoms with E-state index in [1.807, 2.05) is 0 Å². The number of nitrogens with two attached hydrogens (primary N) is 1. The highest BCUT2D eigenvalue weighted by Crippen LogP contribution is 2.68. The van der Waals surface area contributed by atoms with Gasteiger partial charge in [0.1, 0.15) is 6.04 Å².